The van der Waals surface area contributed by atoms with Gasteiger partial charge in [0.05, 0.1) is 43.3 Å². The lowest BCUT2D eigenvalue weighted by molar-refractivity contribution is -0.151. The lowest BCUT2D eigenvalue weighted by atomic mass is 9.65. The van der Waals surface area contributed by atoms with Crippen molar-refractivity contribution in [2.45, 2.75) is 76.2 Å². The summed E-state index contributed by atoms with van der Waals surface area (Å²) in [6, 6.07) is -1.36. The SMILES string of the molecule is CCCNC(=O)[C@@H]1[C@H]2C(=O)N([C@@H](CC)CO)C(C(=O)NCCN3CCOCC3)C23CC[C@@]1(CC)O3. The van der Waals surface area contributed by atoms with E-state index in [-0.39, 0.29) is 24.3 Å². The molecule has 35 heavy (non-hydrogen) atoms. The third kappa shape index (κ3) is 4.36. The lowest BCUT2D eigenvalue weighted by Crippen LogP contribution is -2.58. The second-order valence-corrected chi connectivity index (χ2v) is 10.4. The number of hydrogen-bond donors (Lipinski definition) is 3. The summed E-state index contributed by atoms with van der Waals surface area (Å²) in [7, 11) is 0. The van der Waals surface area contributed by atoms with Crippen molar-refractivity contribution < 1.29 is 29.0 Å². The molecule has 2 unspecified atom stereocenters. The molecule has 2 bridgehead atoms. The van der Waals surface area contributed by atoms with Crippen LogP contribution >= 0.6 is 0 Å². The zero-order chi connectivity index (χ0) is 25.2. The van der Waals surface area contributed by atoms with Gasteiger partial charge in [0.15, 0.2) is 0 Å². The van der Waals surface area contributed by atoms with E-state index in [2.05, 4.69) is 15.5 Å². The summed E-state index contributed by atoms with van der Waals surface area (Å²) in [4.78, 5) is 44.8. The van der Waals surface area contributed by atoms with E-state index in [1.54, 1.807) is 4.90 Å². The quantitative estimate of drug-likeness (QED) is 0.366. The molecule has 4 heterocycles. The van der Waals surface area contributed by atoms with Gasteiger partial charge in [0.25, 0.3) is 0 Å². The van der Waals surface area contributed by atoms with Crippen LogP contribution in [0.5, 0.6) is 0 Å². The summed E-state index contributed by atoms with van der Waals surface area (Å²) in [5, 5.41) is 16.1. The highest BCUT2D eigenvalue weighted by Gasteiger charge is 2.79. The number of carbonyl (C=O) groups is 3. The Balaban J connectivity index is 1.62. The fourth-order valence-electron chi connectivity index (χ4n) is 6.78. The number of hydrogen-bond acceptors (Lipinski definition) is 7. The van der Waals surface area contributed by atoms with Crippen LogP contribution in [0.15, 0.2) is 0 Å². The average Bonchev–Trinajstić information content (AvgIpc) is 3.48. The Hall–Kier alpha value is -1.75. The average molecular weight is 495 g/mol. The number of nitrogens with one attached hydrogen (secondary N) is 2. The highest BCUT2D eigenvalue weighted by Crippen LogP contribution is 2.64. The van der Waals surface area contributed by atoms with Gasteiger partial charge in [-0.05, 0) is 32.1 Å². The van der Waals surface area contributed by atoms with Crippen LogP contribution in [0, 0.1) is 11.8 Å². The number of nitrogens with zero attached hydrogens (tertiary/aromatic N) is 2. The van der Waals surface area contributed by atoms with Gasteiger partial charge in [-0.1, -0.05) is 20.8 Å². The summed E-state index contributed by atoms with van der Waals surface area (Å²) in [6.07, 6.45) is 3.10. The smallest absolute Gasteiger partial charge is 0.245 e. The van der Waals surface area contributed by atoms with Crippen molar-refractivity contribution in [1.29, 1.82) is 0 Å². The van der Waals surface area contributed by atoms with Crippen LogP contribution in [0.2, 0.25) is 0 Å². The van der Waals surface area contributed by atoms with Crippen molar-refractivity contribution in [2.75, 3.05) is 52.5 Å². The third-order valence-electron chi connectivity index (χ3n) is 8.61. The highest BCUT2D eigenvalue weighted by atomic mass is 16.5. The molecule has 4 rings (SSSR count). The molecule has 0 aromatic rings. The van der Waals surface area contributed by atoms with Crippen LogP contribution in [0.4, 0.5) is 0 Å². The number of rotatable bonds is 11. The van der Waals surface area contributed by atoms with Gasteiger partial charge in [0, 0.05) is 32.7 Å². The van der Waals surface area contributed by atoms with Gasteiger partial charge < -0.3 is 30.1 Å². The first kappa shape index (κ1) is 26.3. The standard InChI is InChI=1S/C25H42N4O6/c1-4-9-26-21(31)18-19-23(33)29(17(5-2)16-30)20(25(19)8-7-24(18,6-3)35-25)22(32)27-10-11-28-12-14-34-15-13-28/h17-20,30H,4-16H2,1-3H3,(H,26,31)(H,27,32)/t17-,18-,19-,20?,24+,25?/m0/s1. The van der Waals surface area contributed by atoms with E-state index >= 15 is 0 Å². The Morgan fingerprint density at radius 1 is 1.11 bits per heavy atom. The highest BCUT2D eigenvalue weighted by molar-refractivity contribution is 5.99. The molecule has 10 nitrogen and oxygen atoms in total. The van der Waals surface area contributed by atoms with E-state index in [1.807, 2.05) is 20.8 Å². The Morgan fingerprint density at radius 2 is 1.83 bits per heavy atom. The molecule has 3 amide bonds. The Morgan fingerprint density at radius 3 is 2.46 bits per heavy atom. The van der Waals surface area contributed by atoms with Crippen molar-refractivity contribution in [3.05, 3.63) is 0 Å². The number of aliphatic hydroxyl groups is 1. The van der Waals surface area contributed by atoms with Gasteiger partial charge in [0.2, 0.25) is 17.7 Å². The fraction of sp³-hybridized carbons (Fsp3) is 0.880. The molecular formula is C25H42N4O6. The minimum absolute atomic E-state index is 0.168. The predicted molar refractivity (Wildman–Crippen MR) is 128 cm³/mol. The molecule has 0 aliphatic carbocycles. The Kier molecular flexibility index (Phi) is 8.05. The summed E-state index contributed by atoms with van der Waals surface area (Å²) in [6.45, 7) is 10.3. The second kappa shape index (κ2) is 10.7. The maximum Gasteiger partial charge on any atom is 0.245 e. The van der Waals surface area contributed by atoms with E-state index in [9.17, 15) is 19.5 Å². The number of morpholine rings is 1. The van der Waals surface area contributed by atoms with E-state index in [0.29, 0.717) is 58.5 Å². The van der Waals surface area contributed by atoms with Gasteiger partial charge >= 0.3 is 0 Å². The van der Waals surface area contributed by atoms with Crippen LogP contribution in [-0.4, -0.2) is 108 Å². The number of carbonyl (C=O) groups excluding carboxylic acids is 3. The molecule has 0 aromatic carbocycles. The molecular weight excluding hydrogens is 452 g/mol. The van der Waals surface area contributed by atoms with E-state index in [0.717, 1.165) is 19.5 Å². The zero-order valence-corrected chi connectivity index (χ0v) is 21.4. The number of fused-ring (bicyclic) bond motifs is 1. The molecule has 4 aliphatic rings. The van der Waals surface area contributed by atoms with Crippen molar-refractivity contribution in [1.82, 2.24) is 20.4 Å². The van der Waals surface area contributed by atoms with E-state index < -0.39 is 35.1 Å². The minimum Gasteiger partial charge on any atom is -0.394 e. The Bertz CT molecular complexity index is 801. The van der Waals surface area contributed by atoms with Gasteiger partial charge in [-0.3, -0.25) is 19.3 Å². The van der Waals surface area contributed by atoms with E-state index in [4.69, 9.17) is 9.47 Å². The van der Waals surface area contributed by atoms with Crippen LogP contribution in [-0.2, 0) is 23.9 Å². The van der Waals surface area contributed by atoms with Gasteiger partial charge in [0.1, 0.15) is 11.6 Å². The minimum atomic E-state index is -1.05. The molecule has 0 radical (unpaired) electrons. The summed E-state index contributed by atoms with van der Waals surface area (Å²) in [5.41, 5.74) is -1.79. The van der Waals surface area contributed by atoms with Crippen molar-refractivity contribution in [3.8, 4) is 0 Å². The van der Waals surface area contributed by atoms with E-state index in [1.165, 1.54) is 0 Å². The van der Waals surface area contributed by atoms with Crippen molar-refractivity contribution >= 4 is 17.7 Å². The van der Waals surface area contributed by atoms with Crippen LogP contribution in [0.25, 0.3) is 0 Å². The van der Waals surface area contributed by atoms with Gasteiger partial charge in [-0.15, -0.1) is 0 Å². The number of likely N-dealkylation sites (tertiary alicyclic amines) is 1. The second-order valence-electron chi connectivity index (χ2n) is 10.4. The summed E-state index contributed by atoms with van der Waals surface area (Å²) in [5.74, 6) is -2.03. The Labute approximate surface area is 208 Å². The molecule has 4 saturated heterocycles. The predicted octanol–water partition coefficient (Wildman–Crippen LogP) is -0.113. The molecule has 10 heteroatoms. The molecule has 3 N–H and O–H groups in total. The zero-order valence-electron chi connectivity index (χ0n) is 21.4. The maximum atomic E-state index is 14.0. The molecule has 1 spiro atoms. The number of ether oxygens (including phenoxy) is 2. The number of amides is 3. The van der Waals surface area contributed by atoms with Crippen molar-refractivity contribution in [3.63, 3.8) is 0 Å². The van der Waals surface area contributed by atoms with Gasteiger partial charge in [-0.25, -0.2) is 0 Å². The van der Waals surface area contributed by atoms with Crippen LogP contribution in [0.1, 0.15) is 52.9 Å². The molecule has 198 valence electrons. The maximum absolute atomic E-state index is 14.0. The van der Waals surface area contributed by atoms with Crippen LogP contribution in [0.3, 0.4) is 0 Å². The van der Waals surface area contributed by atoms with Crippen molar-refractivity contribution in [2.24, 2.45) is 11.8 Å². The largest absolute Gasteiger partial charge is 0.394 e. The summed E-state index contributed by atoms with van der Waals surface area (Å²) >= 11 is 0. The molecule has 4 aliphatic heterocycles. The molecule has 0 saturated carbocycles. The van der Waals surface area contributed by atoms with Gasteiger partial charge in [-0.2, -0.15) is 0 Å². The topological polar surface area (TPSA) is 120 Å². The molecule has 4 fully saturated rings. The monoisotopic (exact) mass is 494 g/mol. The first-order valence-electron chi connectivity index (χ1n) is 13.4. The fourth-order valence-corrected chi connectivity index (χ4v) is 6.78. The first-order valence-corrected chi connectivity index (χ1v) is 13.4. The van der Waals surface area contributed by atoms with Crippen LogP contribution < -0.4 is 10.6 Å². The number of aliphatic hydroxyl groups excluding tert-OH is 1. The first-order chi connectivity index (χ1) is 16.9. The lowest BCUT2D eigenvalue weighted by Gasteiger charge is -2.37. The third-order valence-corrected chi connectivity index (χ3v) is 8.61. The summed E-state index contributed by atoms with van der Waals surface area (Å²) < 4.78 is 12.1. The molecule has 6 atom stereocenters. The normalized spacial score (nSPS) is 35.3. The molecule has 0 aromatic heterocycles.